The SMILES string of the molecule is CNC(=O)CNS(=O)(=O)c1sc(=O)[nH]c1C. The number of aromatic amines is 1. The standard InChI is InChI=1S/C7H11N3O4S2/c1-4-6(15-7(12)10-4)16(13,14)9-3-5(11)8-2/h9H,3H2,1-2H3,(H,8,11)(H,10,12). The van der Waals surface area contributed by atoms with Gasteiger partial charge in [0.1, 0.15) is 0 Å². The van der Waals surface area contributed by atoms with E-state index in [-0.39, 0.29) is 16.4 Å². The molecule has 3 N–H and O–H groups in total. The number of H-pyrrole nitrogens is 1. The van der Waals surface area contributed by atoms with Crippen molar-refractivity contribution in [3.8, 4) is 0 Å². The van der Waals surface area contributed by atoms with Crippen LogP contribution in [-0.4, -0.2) is 32.9 Å². The molecule has 0 bridgehead atoms. The van der Waals surface area contributed by atoms with Crippen LogP contribution in [0.2, 0.25) is 0 Å². The summed E-state index contributed by atoms with van der Waals surface area (Å²) in [6.07, 6.45) is 0. The van der Waals surface area contributed by atoms with E-state index in [0.717, 1.165) is 0 Å². The van der Waals surface area contributed by atoms with Crippen LogP contribution in [0.4, 0.5) is 0 Å². The molecular formula is C7H11N3O4S2. The normalized spacial score (nSPS) is 11.4. The molecule has 0 aromatic carbocycles. The number of aromatic nitrogens is 1. The molecule has 9 heteroatoms. The van der Waals surface area contributed by atoms with Gasteiger partial charge in [-0.15, -0.1) is 0 Å². The van der Waals surface area contributed by atoms with Crippen molar-refractivity contribution in [3.63, 3.8) is 0 Å². The Kier molecular flexibility index (Phi) is 3.83. The van der Waals surface area contributed by atoms with Crippen LogP contribution in [0, 0.1) is 6.92 Å². The predicted octanol–water partition coefficient (Wildman–Crippen LogP) is -1.23. The number of likely N-dealkylation sites (N-methyl/N-ethyl adjacent to an activating group) is 1. The molecule has 0 radical (unpaired) electrons. The highest BCUT2D eigenvalue weighted by atomic mass is 32.2. The van der Waals surface area contributed by atoms with Crippen molar-refractivity contribution in [1.29, 1.82) is 0 Å². The number of thiazole rings is 1. The lowest BCUT2D eigenvalue weighted by Gasteiger charge is -2.03. The highest BCUT2D eigenvalue weighted by Gasteiger charge is 2.20. The van der Waals surface area contributed by atoms with Crippen molar-refractivity contribution < 1.29 is 13.2 Å². The fourth-order valence-corrected chi connectivity index (χ4v) is 3.29. The number of carbonyl (C=O) groups is 1. The number of amides is 1. The second-order valence-corrected chi connectivity index (χ2v) is 5.87. The highest BCUT2D eigenvalue weighted by molar-refractivity contribution is 7.91. The summed E-state index contributed by atoms with van der Waals surface area (Å²) in [6.45, 7) is 1.12. The maximum Gasteiger partial charge on any atom is 0.305 e. The summed E-state index contributed by atoms with van der Waals surface area (Å²) in [5, 5.41) is 2.28. The third-order valence-electron chi connectivity index (χ3n) is 1.73. The molecule has 1 rings (SSSR count). The first-order chi connectivity index (χ1) is 7.36. The zero-order chi connectivity index (χ0) is 12.3. The van der Waals surface area contributed by atoms with Gasteiger partial charge in [0.25, 0.3) is 10.0 Å². The molecular weight excluding hydrogens is 254 g/mol. The van der Waals surface area contributed by atoms with Gasteiger partial charge >= 0.3 is 4.87 Å². The zero-order valence-corrected chi connectivity index (χ0v) is 10.3. The van der Waals surface area contributed by atoms with Gasteiger partial charge in [-0.3, -0.25) is 9.59 Å². The van der Waals surface area contributed by atoms with Crippen LogP contribution in [-0.2, 0) is 14.8 Å². The number of hydrogen-bond acceptors (Lipinski definition) is 5. The van der Waals surface area contributed by atoms with E-state index in [1.807, 2.05) is 0 Å². The molecule has 0 atom stereocenters. The number of aryl methyl sites for hydroxylation is 1. The van der Waals surface area contributed by atoms with Crippen LogP contribution in [0.3, 0.4) is 0 Å². The Labute approximate surface area is 95.9 Å². The van der Waals surface area contributed by atoms with Crippen molar-refractivity contribution >= 4 is 27.3 Å². The molecule has 16 heavy (non-hydrogen) atoms. The fourth-order valence-electron chi connectivity index (χ4n) is 0.961. The molecule has 0 aliphatic heterocycles. The fraction of sp³-hybridized carbons (Fsp3) is 0.429. The van der Waals surface area contributed by atoms with Gasteiger partial charge in [-0.1, -0.05) is 11.3 Å². The number of nitrogens with one attached hydrogen (secondary N) is 3. The molecule has 1 aromatic heterocycles. The number of carbonyl (C=O) groups excluding carboxylic acids is 1. The van der Waals surface area contributed by atoms with Gasteiger partial charge in [-0.25, -0.2) is 13.1 Å². The number of rotatable bonds is 4. The Hall–Kier alpha value is -1.19. The van der Waals surface area contributed by atoms with Gasteiger partial charge < -0.3 is 10.3 Å². The third kappa shape index (κ3) is 2.90. The molecule has 0 spiro atoms. The van der Waals surface area contributed by atoms with Crippen LogP contribution in [0.1, 0.15) is 5.69 Å². The lowest BCUT2D eigenvalue weighted by Crippen LogP contribution is -2.35. The lowest BCUT2D eigenvalue weighted by molar-refractivity contribution is -0.119. The number of hydrogen-bond donors (Lipinski definition) is 3. The van der Waals surface area contributed by atoms with Gasteiger partial charge in [0, 0.05) is 12.7 Å². The Morgan fingerprint density at radius 3 is 2.56 bits per heavy atom. The molecule has 0 aliphatic rings. The van der Waals surface area contributed by atoms with Crippen LogP contribution >= 0.6 is 11.3 Å². The highest BCUT2D eigenvalue weighted by Crippen LogP contribution is 2.14. The summed E-state index contributed by atoms with van der Waals surface area (Å²) in [6, 6.07) is 0. The minimum atomic E-state index is -3.80. The smallest absolute Gasteiger partial charge is 0.305 e. The Balaban J connectivity index is 2.91. The summed E-state index contributed by atoms with van der Waals surface area (Å²) in [7, 11) is -2.40. The average molecular weight is 265 g/mol. The molecule has 0 unspecified atom stereocenters. The maximum atomic E-state index is 11.6. The molecule has 0 aliphatic carbocycles. The van der Waals surface area contributed by atoms with Crippen molar-refractivity contribution in [2.45, 2.75) is 11.1 Å². The maximum absolute atomic E-state index is 11.6. The van der Waals surface area contributed by atoms with Crippen molar-refractivity contribution in [3.05, 3.63) is 15.4 Å². The van der Waals surface area contributed by atoms with E-state index in [9.17, 15) is 18.0 Å². The van der Waals surface area contributed by atoms with Crippen LogP contribution < -0.4 is 14.9 Å². The minimum absolute atomic E-state index is 0.0959. The summed E-state index contributed by atoms with van der Waals surface area (Å²) in [4.78, 5) is 23.7. The van der Waals surface area contributed by atoms with Gasteiger partial charge in [-0.05, 0) is 6.92 Å². The quantitative estimate of drug-likeness (QED) is 0.633. The van der Waals surface area contributed by atoms with E-state index < -0.39 is 20.8 Å². The van der Waals surface area contributed by atoms with E-state index in [4.69, 9.17) is 0 Å². The summed E-state index contributed by atoms with van der Waals surface area (Å²) in [5.41, 5.74) is 0.263. The summed E-state index contributed by atoms with van der Waals surface area (Å²) in [5.74, 6) is -0.455. The predicted molar refractivity (Wildman–Crippen MR) is 58.9 cm³/mol. The second-order valence-electron chi connectivity index (χ2n) is 2.92. The zero-order valence-electron chi connectivity index (χ0n) is 8.66. The van der Waals surface area contributed by atoms with Gasteiger partial charge in [0.05, 0.1) is 6.54 Å². The van der Waals surface area contributed by atoms with E-state index in [1.165, 1.54) is 14.0 Å². The van der Waals surface area contributed by atoms with Crippen molar-refractivity contribution in [1.82, 2.24) is 15.0 Å². The molecule has 0 saturated carbocycles. The molecule has 7 nitrogen and oxygen atoms in total. The first-order valence-corrected chi connectivity index (χ1v) is 6.56. The van der Waals surface area contributed by atoms with E-state index in [1.54, 1.807) is 0 Å². The Bertz CT molecular complexity index is 542. The average Bonchev–Trinajstić information content (AvgIpc) is 2.55. The number of sulfonamides is 1. The van der Waals surface area contributed by atoms with Gasteiger partial charge in [-0.2, -0.15) is 0 Å². The molecule has 1 heterocycles. The molecule has 90 valence electrons. The Morgan fingerprint density at radius 2 is 2.12 bits per heavy atom. The third-order valence-corrected chi connectivity index (χ3v) is 4.73. The van der Waals surface area contributed by atoms with Crippen LogP contribution in [0.25, 0.3) is 0 Å². The first kappa shape index (κ1) is 12.9. The minimum Gasteiger partial charge on any atom is -0.358 e. The molecule has 1 aromatic rings. The lowest BCUT2D eigenvalue weighted by atomic mass is 10.6. The molecule has 0 fully saturated rings. The Morgan fingerprint density at radius 1 is 1.50 bits per heavy atom. The summed E-state index contributed by atoms with van der Waals surface area (Å²) >= 11 is 0.587. The summed E-state index contributed by atoms with van der Waals surface area (Å²) < 4.78 is 25.3. The van der Waals surface area contributed by atoms with Crippen LogP contribution in [0.15, 0.2) is 9.00 Å². The second kappa shape index (κ2) is 4.76. The largest absolute Gasteiger partial charge is 0.358 e. The molecule has 1 amide bonds. The van der Waals surface area contributed by atoms with Crippen LogP contribution in [0.5, 0.6) is 0 Å². The van der Waals surface area contributed by atoms with Crippen molar-refractivity contribution in [2.75, 3.05) is 13.6 Å². The first-order valence-electron chi connectivity index (χ1n) is 4.27. The topological polar surface area (TPSA) is 108 Å². The van der Waals surface area contributed by atoms with Gasteiger partial charge in [0.2, 0.25) is 5.91 Å². The monoisotopic (exact) mass is 265 g/mol. The van der Waals surface area contributed by atoms with E-state index >= 15 is 0 Å². The van der Waals surface area contributed by atoms with Crippen molar-refractivity contribution in [2.24, 2.45) is 0 Å². The van der Waals surface area contributed by atoms with E-state index in [2.05, 4.69) is 15.0 Å². The molecule has 0 saturated heterocycles. The van der Waals surface area contributed by atoms with Gasteiger partial charge in [0.15, 0.2) is 4.21 Å². The van der Waals surface area contributed by atoms with E-state index in [0.29, 0.717) is 11.3 Å².